The number of anilines is 2. The van der Waals surface area contributed by atoms with Gasteiger partial charge < -0.3 is 15.0 Å². The average molecular weight is 395 g/mol. The van der Waals surface area contributed by atoms with E-state index in [-0.39, 0.29) is 17.7 Å². The summed E-state index contributed by atoms with van der Waals surface area (Å²) in [6.07, 6.45) is 1.57. The van der Waals surface area contributed by atoms with Crippen LogP contribution in [-0.4, -0.2) is 25.0 Å². The van der Waals surface area contributed by atoms with Crippen molar-refractivity contribution < 1.29 is 14.3 Å². The highest BCUT2D eigenvalue weighted by Gasteiger charge is 2.37. The molecule has 29 heavy (non-hydrogen) atoms. The number of amides is 2. The van der Waals surface area contributed by atoms with E-state index in [9.17, 15) is 9.59 Å². The Labute approximate surface area is 173 Å². The van der Waals surface area contributed by atoms with E-state index in [1.165, 1.54) is 0 Å². The molecule has 1 aliphatic rings. The van der Waals surface area contributed by atoms with Crippen LogP contribution in [0, 0.1) is 5.41 Å². The molecule has 5 nitrogen and oxygen atoms in total. The zero-order valence-electron chi connectivity index (χ0n) is 17.7. The van der Waals surface area contributed by atoms with E-state index in [1.54, 1.807) is 4.90 Å². The van der Waals surface area contributed by atoms with Crippen LogP contribution in [0.2, 0.25) is 0 Å². The van der Waals surface area contributed by atoms with E-state index in [4.69, 9.17) is 4.74 Å². The van der Waals surface area contributed by atoms with E-state index in [1.807, 2.05) is 69.3 Å². The molecule has 1 heterocycles. The maximum absolute atomic E-state index is 12.9. The van der Waals surface area contributed by atoms with Crippen molar-refractivity contribution in [2.45, 2.75) is 46.5 Å². The molecule has 0 spiro atoms. The van der Waals surface area contributed by atoms with E-state index < -0.39 is 5.41 Å². The van der Waals surface area contributed by atoms with E-state index in [2.05, 4.69) is 12.2 Å². The monoisotopic (exact) mass is 394 g/mol. The standard InChI is InChI=1S/C24H30N2O3/c1-5-14-26-20-13-12-18(15-21(20)29-16-24(3,4)23(26)28)25-22(27)19(6-2)17-10-8-7-9-11-17/h7-13,15,19H,5-6,14,16H2,1-4H3,(H,25,27). The van der Waals surface area contributed by atoms with Gasteiger partial charge in [0.25, 0.3) is 0 Å². The van der Waals surface area contributed by atoms with Crippen LogP contribution < -0.4 is 15.0 Å². The van der Waals surface area contributed by atoms with Gasteiger partial charge in [-0.3, -0.25) is 9.59 Å². The fraction of sp³-hybridized carbons (Fsp3) is 0.417. The number of carbonyl (C=O) groups excluding carboxylic acids is 2. The highest BCUT2D eigenvalue weighted by molar-refractivity contribution is 6.00. The van der Waals surface area contributed by atoms with Crippen LogP contribution in [0.3, 0.4) is 0 Å². The molecule has 0 fully saturated rings. The number of carbonyl (C=O) groups is 2. The van der Waals surface area contributed by atoms with E-state index in [0.29, 0.717) is 31.0 Å². The first-order valence-corrected chi connectivity index (χ1v) is 10.3. The van der Waals surface area contributed by atoms with Crippen LogP contribution >= 0.6 is 0 Å². The van der Waals surface area contributed by atoms with Crippen molar-refractivity contribution in [3.63, 3.8) is 0 Å². The number of fused-ring (bicyclic) bond motifs is 1. The normalized spacial score (nSPS) is 16.4. The molecule has 1 atom stereocenters. The van der Waals surface area contributed by atoms with Crippen LogP contribution in [0.4, 0.5) is 11.4 Å². The molecule has 0 saturated carbocycles. The summed E-state index contributed by atoms with van der Waals surface area (Å²) in [4.78, 5) is 27.6. The summed E-state index contributed by atoms with van der Waals surface area (Å²) in [5.74, 6) is 0.426. The van der Waals surface area contributed by atoms with Crippen molar-refractivity contribution in [1.29, 1.82) is 0 Å². The Bertz CT molecular complexity index is 877. The van der Waals surface area contributed by atoms with Crippen molar-refractivity contribution in [3.05, 3.63) is 54.1 Å². The fourth-order valence-corrected chi connectivity index (χ4v) is 3.66. The topological polar surface area (TPSA) is 58.6 Å². The Balaban J connectivity index is 1.86. The van der Waals surface area contributed by atoms with Gasteiger partial charge in [-0.25, -0.2) is 0 Å². The SMILES string of the molecule is CCCN1C(=O)C(C)(C)COc2cc(NC(=O)C(CC)c3ccccc3)ccc21. The fourth-order valence-electron chi connectivity index (χ4n) is 3.66. The Morgan fingerprint density at radius 1 is 1.17 bits per heavy atom. The predicted molar refractivity (Wildman–Crippen MR) is 116 cm³/mol. The van der Waals surface area contributed by atoms with Crippen LogP contribution in [0.5, 0.6) is 5.75 Å². The number of nitrogens with zero attached hydrogens (tertiary/aromatic N) is 1. The zero-order chi connectivity index (χ0) is 21.0. The van der Waals surface area contributed by atoms with Gasteiger partial charge in [-0.05, 0) is 44.4 Å². The van der Waals surface area contributed by atoms with Crippen molar-refractivity contribution in [2.75, 3.05) is 23.4 Å². The van der Waals surface area contributed by atoms with E-state index >= 15 is 0 Å². The number of rotatable bonds is 6. The van der Waals surface area contributed by atoms with Crippen molar-refractivity contribution in [2.24, 2.45) is 5.41 Å². The molecule has 2 aromatic carbocycles. The number of benzene rings is 2. The lowest BCUT2D eigenvalue weighted by Gasteiger charge is -2.27. The summed E-state index contributed by atoms with van der Waals surface area (Å²) in [5.41, 5.74) is 1.83. The van der Waals surface area contributed by atoms with Crippen molar-refractivity contribution >= 4 is 23.2 Å². The van der Waals surface area contributed by atoms with Gasteiger partial charge in [0.05, 0.1) is 17.0 Å². The molecular weight excluding hydrogens is 364 g/mol. The van der Waals surface area contributed by atoms with Crippen molar-refractivity contribution in [1.82, 2.24) is 0 Å². The summed E-state index contributed by atoms with van der Waals surface area (Å²) in [6, 6.07) is 15.3. The minimum Gasteiger partial charge on any atom is -0.490 e. The maximum Gasteiger partial charge on any atom is 0.236 e. The Morgan fingerprint density at radius 2 is 1.90 bits per heavy atom. The van der Waals surface area contributed by atoms with Gasteiger partial charge in [-0.15, -0.1) is 0 Å². The van der Waals surface area contributed by atoms with Gasteiger partial charge in [-0.2, -0.15) is 0 Å². The molecule has 2 amide bonds. The minimum absolute atomic E-state index is 0.0471. The van der Waals surface area contributed by atoms with Gasteiger partial charge in [0.2, 0.25) is 11.8 Å². The van der Waals surface area contributed by atoms with Gasteiger partial charge >= 0.3 is 0 Å². The molecule has 3 rings (SSSR count). The largest absolute Gasteiger partial charge is 0.490 e. The third-order valence-corrected chi connectivity index (χ3v) is 5.30. The van der Waals surface area contributed by atoms with Gasteiger partial charge in [0, 0.05) is 18.3 Å². The van der Waals surface area contributed by atoms with E-state index in [0.717, 1.165) is 17.7 Å². The average Bonchev–Trinajstić information content (AvgIpc) is 2.80. The lowest BCUT2D eigenvalue weighted by molar-refractivity contribution is -0.127. The highest BCUT2D eigenvalue weighted by Crippen LogP contribution is 2.38. The Morgan fingerprint density at radius 3 is 2.55 bits per heavy atom. The van der Waals surface area contributed by atoms with Crippen LogP contribution in [0.15, 0.2) is 48.5 Å². The Kier molecular flexibility index (Phi) is 6.26. The molecule has 0 saturated heterocycles. The number of hydrogen-bond donors (Lipinski definition) is 1. The first-order valence-electron chi connectivity index (χ1n) is 10.3. The van der Waals surface area contributed by atoms with Crippen molar-refractivity contribution in [3.8, 4) is 5.75 Å². The highest BCUT2D eigenvalue weighted by atomic mass is 16.5. The summed E-state index contributed by atoms with van der Waals surface area (Å²) >= 11 is 0. The third-order valence-electron chi connectivity index (χ3n) is 5.30. The van der Waals surface area contributed by atoms with Crippen LogP contribution in [0.25, 0.3) is 0 Å². The molecule has 0 aromatic heterocycles. The number of hydrogen-bond acceptors (Lipinski definition) is 3. The summed E-state index contributed by atoms with van der Waals surface area (Å²) in [6.45, 7) is 8.80. The third kappa shape index (κ3) is 4.44. The summed E-state index contributed by atoms with van der Waals surface area (Å²) in [7, 11) is 0. The molecular formula is C24H30N2O3. The van der Waals surface area contributed by atoms with Crippen LogP contribution in [-0.2, 0) is 9.59 Å². The molecule has 0 radical (unpaired) electrons. The van der Waals surface area contributed by atoms with Gasteiger partial charge in [0.1, 0.15) is 12.4 Å². The minimum atomic E-state index is -0.599. The van der Waals surface area contributed by atoms with Gasteiger partial charge in [-0.1, -0.05) is 44.2 Å². The molecule has 154 valence electrons. The lowest BCUT2D eigenvalue weighted by atomic mass is 9.93. The second-order valence-electron chi connectivity index (χ2n) is 8.17. The van der Waals surface area contributed by atoms with Gasteiger partial charge in [0.15, 0.2) is 0 Å². The first kappa shape index (κ1) is 20.9. The molecule has 1 N–H and O–H groups in total. The summed E-state index contributed by atoms with van der Waals surface area (Å²) < 4.78 is 5.99. The Hall–Kier alpha value is -2.82. The first-order chi connectivity index (χ1) is 13.9. The number of ether oxygens (including phenoxy) is 1. The predicted octanol–water partition coefficient (Wildman–Crippen LogP) is 4.98. The quantitative estimate of drug-likeness (QED) is 0.752. The molecule has 1 aliphatic heterocycles. The maximum atomic E-state index is 12.9. The second kappa shape index (κ2) is 8.68. The second-order valence-corrected chi connectivity index (χ2v) is 8.17. The zero-order valence-corrected chi connectivity index (χ0v) is 17.7. The lowest BCUT2D eigenvalue weighted by Crippen LogP contribution is -2.42. The van der Waals surface area contributed by atoms with Crippen LogP contribution in [0.1, 0.15) is 52.0 Å². The molecule has 0 aliphatic carbocycles. The molecule has 1 unspecified atom stereocenters. The number of nitrogens with one attached hydrogen (secondary N) is 1. The smallest absolute Gasteiger partial charge is 0.236 e. The molecule has 5 heteroatoms. The molecule has 2 aromatic rings. The summed E-state index contributed by atoms with van der Waals surface area (Å²) in [5, 5.41) is 3.02. The molecule has 0 bridgehead atoms.